The number of ether oxygens (including phenoxy) is 3. The number of esters is 2. The predicted molar refractivity (Wildman–Crippen MR) is 239 cm³/mol. The normalized spacial score (nSPS) is 12.7. The van der Waals surface area contributed by atoms with Gasteiger partial charge in [-0.05, 0) is 139 Å². The van der Waals surface area contributed by atoms with Crippen molar-refractivity contribution in [2.75, 3.05) is 6.61 Å². The summed E-state index contributed by atoms with van der Waals surface area (Å²) in [6, 6.07) is 37.1. The molecule has 7 rings (SSSR count). The second-order valence-corrected chi connectivity index (χ2v) is 16.6. The number of carbonyl (C=O) groups excluding carboxylic acids is 2. The highest BCUT2D eigenvalue weighted by molar-refractivity contribution is 7.87. The smallest absolute Gasteiger partial charge is 0.349 e. The van der Waals surface area contributed by atoms with E-state index in [1.807, 2.05) is 48.5 Å². The number of benzene rings is 5. The van der Waals surface area contributed by atoms with E-state index in [1.54, 1.807) is 48.5 Å². The van der Waals surface area contributed by atoms with E-state index in [9.17, 15) is 27.6 Å². The molecule has 326 valence electrons. The van der Waals surface area contributed by atoms with Crippen molar-refractivity contribution in [1.29, 1.82) is 0 Å². The maximum Gasteiger partial charge on any atom is 0.349 e. The summed E-state index contributed by atoms with van der Waals surface area (Å²) in [4.78, 5) is 45.9. The van der Waals surface area contributed by atoms with Gasteiger partial charge in [-0.25, -0.2) is 14.4 Å². The van der Waals surface area contributed by atoms with E-state index >= 15 is 0 Å². The maximum absolute atomic E-state index is 12.5. The molecule has 0 saturated heterocycles. The molecule has 13 heteroatoms. The molecular weight excluding hydrogens is 825 g/mol. The molecule has 5 aromatic carbocycles. The van der Waals surface area contributed by atoms with Crippen molar-refractivity contribution in [3.05, 3.63) is 171 Å². The van der Waals surface area contributed by atoms with Crippen LogP contribution in [-0.2, 0) is 19.7 Å². The molecule has 0 spiro atoms. The van der Waals surface area contributed by atoms with Gasteiger partial charge < -0.3 is 27.2 Å². The van der Waals surface area contributed by atoms with Crippen molar-refractivity contribution in [3.8, 4) is 23.0 Å². The Morgan fingerprint density at radius 1 is 0.571 bits per heavy atom. The van der Waals surface area contributed by atoms with Gasteiger partial charge in [0, 0.05) is 29.8 Å². The van der Waals surface area contributed by atoms with Gasteiger partial charge in [-0.2, -0.15) is 8.42 Å². The molecule has 3 unspecified atom stereocenters. The van der Waals surface area contributed by atoms with Crippen LogP contribution in [0, 0.1) is 0 Å². The largest absolute Gasteiger partial charge is 0.482 e. The lowest BCUT2D eigenvalue weighted by atomic mass is 9.84. The van der Waals surface area contributed by atoms with Gasteiger partial charge in [-0.1, -0.05) is 64.1 Å². The molecule has 0 saturated carbocycles. The topological polar surface area (TPSA) is 166 Å². The molecule has 3 atom stereocenters. The van der Waals surface area contributed by atoms with Gasteiger partial charge in [-0.15, -0.1) is 0 Å². The van der Waals surface area contributed by atoms with E-state index in [-0.39, 0.29) is 23.2 Å². The molecule has 7 aromatic rings. The Labute approximate surface area is 365 Å². The molecule has 0 amide bonds. The molecule has 0 aliphatic heterocycles. The van der Waals surface area contributed by atoms with Crippen LogP contribution in [0.15, 0.2) is 157 Å². The molecule has 0 bridgehead atoms. The number of hydrogen-bond donors (Lipinski definition) is 0. The molecule has 0 fully saturated rings. The van der Waals surface area contributed by atoms with Crippen molar-refractivity contribution in [3.63, 3.8) is 0 Å². The van der Waals surface area contributed by atoms with Gasteiger partial charge in [0.05, 0.1) is 0 Å². The Morgan fingerprint density at radius 3 is 1.65 bits per heavy atom. The van der Waals surface area contributed by atoms with E-state index in [0.29, 0.717) is 56.9 Å². The summed E-state index contributed by atoms with van der Waals surface area (Å²) in [5.74, 6) is 1.92. The van der Waals surface area contributed by atoms with Crippen LogP contribution in [0.4, 0.5) is 0 Å². The third kappa shape index (κ3) is 12.5. The van der Waals surface area contributed by atoms with Crippen LogP contribution in [0.5, 0.6) is 23.0 Å². The lowest BCUT2D eigenvalue weighted by molar-refractivity contribution is -0.136. The van der Waals surface area contributed by atoms with Crippen LogP contribution < -0.4 is 29.6 Å². The quantitative estimate of drug-likeness (QED) is 0.0415. The number of hydrogen-bond acceptors (Lipinski definition) is 12. The maximum atomic E-state index is 12.5. The van der Waals surface area contributed by atoms with Crippen molar-refractivity contribution in [2.24, 2.45) is 0 Å². The fourth-order valence-corrected chi connectivity index (χ4v) is 7.82. The highest BCUT2D eigenvalue weighted by atomic mass is 32.2. The summed E-state index contributed by atoms with van der Waals surface area (Å²) in [5, 5.41) is 1.21. The summed E-state index contributed by atoms with van der Waals surface area (Å²) in [7, 11) is -3.97. The second kappa shape index (κ2) is 20.7. The average Bonchev–Trinajstić information content (AvgIpc) is 3.27. The van der Waals surface area contributed by atoms with E-state index in [4.69, 9.17) is 27.2 Å². The fraction of sp³-hybridized carbons (Fsp3) is 0.240. The number of carbonyl (C=O) groups is 2. The predicted octanol–water partition coefficient (Wildman–Crippen LogP) is 10.5. The first-order valence-electron chi connectivity index (χ1n) is 20.5. The van der Waals surface area contributed by atoms with Crippen LogP contribution in [0.1, 0.15) is 88.3 Å². The Morgan fingerprint density at radius 2 is 1.08 bits per heavy atom. The van der Waals surface area contributed by atoms with Gasteiger partial charge in [0.1, 0.15) is 39.1 Å². The molecule has 12 nitrogen and oxygen atoms in total. The van der Waals surface area contributed by atoms with Gasteiger partial charge in [-0.3, -0.25) is 4.79 Å². The van der Waals surface area contributed by atoms with Crippen LogP contribution in [-0.4, -0.2) is 27.0 Å². The third-order valence-electron chi connectivity index (χ3n) is 10.5. The van der Waals surface area contributed by atoms with Gasteiger partial charge in [0.15, 0.2) is 6.61 Å². The van der Waals surface area contributed by atoms with E-state index in [1.165, 1.54) is 48.9 Å². The summed E-state index contributed by atoms with van der Waals surface area (Å²) in [6.45, 7) is 9.69. The summed E-state index contributed by atoms with van der Waals surface area (Å²) >= 11 is 0. The Kier molecular flexibility index (Phi) is 15.0. The summed E-state index contributed by atoms with van der Waals surface area (Å²) in [5.41, 5.74) is 3.35. The van der Waals surface area contributed by atoms with Gasteiger partial charge in [0.2, 0.25) is 0 Å². The molecule has 0 N–H and O–H groups in total. The molecule has 0 radical (unpaired) electrons. The third-order valence-corrected chi connectivity index (χ3v) is 11.8. The minimum Gasteiger partial charge on any atom is -0.482 e. The first kappa shape index (κ1) is 45.5. The van der Waals surface area contributed by atoms with E-state index in [2.05, 4.69) is 27.7 Å². The van der Waals surface area contributed by atoms with Crippen LogP contribution in [0.3, 0.4) is 0 Å². The zero-order valence-corrected chi connectivity index (χ0v) is 36.4. The molecule has 0 aliphatic carbocycles. The first-order valence-corrected chi connectivity index (χ1v) is 21.9. The van der Waals surface area contributed by atoms with Gasteiger partial charge >= 0.3 is 33.3 Å². The van der Waals surface area contributed by atoms with Crippen LogP contribution in [0.25, 0.3) is 21.9 Å². The highest BCUT2D eigenvalue weighted by Crippen LogP contribution is 2.34. The summed E-state index contributed by atoms with van der Waals surface area (Å²) in [6.07, 6.45) is 2.94. The monoisotopic (exact) mass is 872 g/mol. The van der Waals surface area contributed by atoms with Crippen molar-refractivity contribution < 1.29 is 45.2 Å². The fourth-order valence-electron chi connectivity index (χ4n) is 6.85. The van der Waals surface area contributed by atoms with Crippen molar-refractivity contribution in [2.45, 2.75) is 76.5 Å². The lowest BCUT2D eigenvalue weighted by Gasteiger charge is -2.21. The zero-order chi connectivity index (χ0) is 45.1. The molecule has 2 aromatic heterocycles. The zero-order valence-electron chi connectivity index (χ0n) is 35.6. The highest BCUT2D eigenvalue weighted by Gasteiger charge is 2.19. The lowest BCUT2D eigenvalue weighted by Crippen LogP contribution is -2.17. The van der Waals surface area contributed by atoms with Crippen LogP contribution in [0.2, 0.25) is 0 Å². The Hall–Kier alpha value is -6.99. The Balaban J connectivity index is 0.000000228. The Bertz CT molecular complexity index is 2900. The minimum atomic E-state index is -3.97. The van der Waals surface area contributed by atoms with Crippen molar-refractivity contribution >= 4 is 44.0 Å². The molecule has 0 aliphatic rings. The first-order chi connectivity index (χ1) is 30.2. The molecule has 63 heavy (non-hydrogen) atoms. The minimum absolute atomic E-state index is 0.000137. The summed E-state index contributed by atoms with van der Waals surface area (Å²) < 4.78 is 56.4. The van der Waals surface area contributed by atoms with Crippen LogP contribution >= 0.6 is 0 Å². The molecule has 2 heterocycles. The van der Waals surface area contributed by atoms with E-state index < -0.39 is 27.3 Å². The average molecular weight is 873 g/mol. The molecular formula is C50H48O12S. The van der Waals surface area contributed by atoms with E-state index in [0.717, 1.165) is 30.4 Å². The second-order valence-electron chi connectivity index (χ2n) is 15.1. The standard InChI is InChI=1S/C31H30O7.C19H18O5S/c1-4-22(24-7-12-26(13-8-24)36-21(3)32)17-20(2)23-5-10-27(11-6-23)37-31(34)19-35-28-14-15-29-25(18-28)9-16-30(33)38-29;1-3-13(2)14-4-7-16(8-5-14)24-25(21,22)17-9-10-18-15(12-17)6-11-19(20)23-18/h5-16,18,20,22H,4,17,19H2,1-3H3;4-13H,3H2,1-2H3. The number of fused-ring (bicyclic) bond motifs is 2. The van der Waals surface area contributed by atoms with Gasteiger partial charge in [0.25, 0.3) is 0 Å². The van der Waals surface area contributed by atoms with Crippen molar-refractivity contribution in [1.82, 2.24) is 0 Å². The SMILES string of the molecule is CCC(C)c1ccc(OS(=O)(=O)c2ccc3oc(=O)ccc3c2)cc1.CCC(CC(C)c1ccc(OC(=O)COc2ccc3oc(=O)ccc3c2)cc1)c1ccc(OC(C)=O)cc1. The number of rotatable bonds is 15.